The molecule has 0 aliphatic heterocycles. The average molecular weight is 459 g/mol. The monoisotopic (exact) mass is 459 g/mol. The fraction of sp³-hybridized carbons (Fsp3) is 0.455. The van der Waals surface area contributed by atoms with Crippen LogP contribution >= 0.6 is 0 Å². The topological polar surface area (TPSA) is 54.0 Å². The Morgan fingerprint density at radius 3 is 2.22 bits per heavy atom. The zero-order chi connectivity index (χ0) is 23.4. The van der Waals surface area contributed by atoms with Crippen LogP contribution in [-0.2, 0) is 12.4 Å². The molecule has 1 heterocycles. The standard InChI is InChI=1S/C22H23F6N3O/c23-21(24,25)16-10-8-15(9-11-16)18(19-17(22(26,27)28)7-4-12-29-19)31-20(32)30-13-14-5-2-1-3-6-14/h4,7-12,14,18H,1-3,5-6,13H2,(H2,30,31,32)/t18-/m0/s1. The normalized spacial score (nSPS) is 16.4. The first-order valence-electron chi connectivity index (χ1n) is 10.3. The molecule has 1 aliphatic rings. The van der Waals surface area contributed by atoms with Crippen molar-refractivity contribution >= 4 is 6.03 Å². The van der Waals surface area contributed by atoms with Gasteiger partial charge in [-0.05, 0) is 48.6 Å². The van der Waals surface area contributed by atoms with E-state index in [4.69, 9.17) is 0 Å². The van der Waals surface area contributed by atoms with E-state index in [9.17, 15) is 31.1 Å². The molecule has 174 valence electrons. The van der Waals surface area contributed by atoms with Gasteiger partial charge in [0.05, 0.1) is 22.9 Å². The molecular formula is C22H23F6N3O. The number of halogens is 6. The fourth-order valence-corrected chi connectivity index (χ4v) is 3.87. The van der Waals surface area contributed by atoms with E-state index in [0.717, 1.165) is 74.7 Å². The van der Waals surface area contributed by atoms with E-state index in [1.54, 1.807) is 0 Å². The maximum absolute atomic E-state index is 13.6. The van der Waals surface area contributed by atoms with E-state index in [2.05, 4.69) is 15.6 Å². The lowest BCUT2D eigenvalue weighted by molar-refractivity contribution is -0.139. The number of carbonyl (C=O) groups excluding carboxylic acids is 1. The third-order valence-electron chi connectivity index (χ3n) is 5.54. The minimum Gasteiger partial charge on any atom is -0.338 e. The average Bonchev–Trinajstić information content (AvgIpc) is 2.76. The molecule has 1 aliphatic carbocycles. The number of pyridine rings is 1. The summed E-state index contributed by atoms with van der Waals surface area (Å²) in [6.45, 7) is 0.375. The van der Waals surface area contributed by atoms with Crippen molar-refractivity contribution in [2.45, 2.75) is 50.5 Å². The Kier molecular flexibility index (Phi) is 7.30. The summed E-state index contributed by atoms with van der Waals surface area (Å²) in [4.78, 5) is 16.3. The molecule has 1 atom stereocenters. The van der Waals surface area contributed by atoms with Crippen LogP contribution in [0.1, 0.15) is 60.5 Å². The van der Waals surface area contributed by atoms with E-state index in [1.807, 2.05) is 0 Å². The maximum Gasteiger partial charge on any atom is 0.418 e. The van der Waals surface area contributed by atoms with Gasteiger partial charge in [0, 0.05) is 12.7 Å². The number of carbonyl (C=O) groups is 1. The lowest BCUT2D eigenvalue weighted by Crippen LogP contribution is -2.41. The Morgan fingerprint density at radius 2 is 1.62 bits per heavy atom. The zero-order valence-electron chi connectivity index (χ0n) is 17.1. The van der Waals surface area contributed by atoms with Crippen molar-refractivity contribution < 1.29 is 31.1 Å². The number of aromatic nitrogens is 1. The van der Waals surface area contributed by atoms with Gasteiger partial charge in [0.15, 0.2) is 0 Å². The number of nitrogens with zero attached hydrogens (tertiary/aromatic N) is 1. The zero-order valence-corrected chi connectivity index (χ0v) is 17.1. The minimum atomic E-state index is -4.76. The van der Waals surface area contributed by atoms with E-state index in [0.29, 0.717) is 12.5 Å². The van der Waals surface area contributed by atoms with Crippen LogP contribution in [0.25, 0.3) is 0 Å². The van der Waals surface area contributed by atoms with Gasteiger partial charge in [-0.2, -0.15) is 26.3 Å². The highest BCUT2D eigenvalue weighted by molar-refractivity contribution is 5.75. The number of rotatable bonds is 5. The number of nitrogens with one attached hydrogen (secondary N) is 2. The van der Waals surface area contributed by atoms with Crippen molar-refractivity contribution in [1.29, 1.82) is 0 Å². The highest BCUT2D eigenvalue weighted by Gasteiger charge is 2.37. The van der Waals surface area contributed by atoms with Gasteiger partial charge in [-0.3, -0.25) is 4.98 Å². The van der Waals surface area contributed by atoms with E-state index < -0.39 is 41.2 Å². The van der Waals surface area contributed by atoms with Crippen molar-refractivity contribution in [2.75, 3.05) is 6.54 Å². The second-order valence-electron chi connectivity index (χ2n) is 7.85. The summed E-state index contributed by atoms with van der Waals surface area (Å²) < 4.78 is 79.4. The van der Waals surface area contributed by atoms with Gasteiger partial charge in [-0.25, -0.2) is 4.79 Å². The lowest BCUT2D eigenvalue weighted by Gasteiger charge is -2.25. The molecule has 0 spiro atoms. The number of hydrogen-bond acceptors (Lipinski definition) is 2. The molecule has 2 amide bonds. The molecule has 10 heteroatoms. The highest BCUT2D eigenvalue weighted by Crippen LogP contribution is 2.36. The second-order valence-corrected chi connectivity index (χ2v) is 7.85. The number of amides is 2. The van der Waals surface area contributed by atoms with Gasteiger partial charge in [0.1, 0.15) is 0 Å². The van der Waals surface area contributed by atoms with Gasteiger partial charge in [0.2, 0.25) is 0 Å². The largest absolute Gasteiger partial charge is 0.418 e. The van der Waals surface area contributed by atoms with Crippen LogP contribution < -0.4 is 10.6 Å². The van der Waals surface area contributed by atoms with Gasteiger partial charge in [-0.15, -0.1) is 0 Å². The summed E-state index contributed by atoms with van der Waals surface area (Å²) >= 11 is 0. The van der Waals surface area contributed by atoms with Gasteiger partial charge < -0.3 is 10.6 Å². The predicted octanol–water partition coefficient (Wildman–Crippen LogP) is 6.09. The molecule has 4 nitrogen and oxygen atoms in total. The highest BCUT2D eigenvalue weighted by atomic mass is 19.4. The first-order chi connectivity index (χ1) is 15.1. The Bertz CT molecular complexity index is 905. The number of urea groups is 1. The van der Waals surface area contributed by atoms with Crippen molar-refractivity contribution in [2.24, 2.45) is 5.92 Å². The summed E-state index contributed by atoms with van der Waals surface area (Å²) in [5.74, 6) is 0.291. The molecule has 1 fully saturated rings. The van der Waals surface area contributed by atoms with Gasteiger partial charge in [0.25, 0.3) is 0 Å². The summed E-state index contributed by atoms with van der Waals surface area (Å²) in [7, 11) is 0. The van der Waals surface area contributed by atoms with Crippen molar-refractivity contribution in [3.63, 3.8) is 0 Å². The number of hydrogen-bond donors (Lipinski definition) is 2. The summed E-state index contributed by atoms with van der Waals surface area (Å²) in [5, 5.41) is 5.14. The van der Waals surface area contributed by atoms with Crippen molar-refractivity contribution in [3.8, 4) is 0 Å². The summed E-state index contributed by atoms with van der Waals surface area (Å²) in [6, 6.07) is 3.45. The van der Waals surface area contributed by atoms with Crippen molar-refractivity contribution in [3.05, 3.63) is 65.0 Å². The molecule has 0 unspecified atom stereocenters. The Balaban J connectivity index is 1.87. The smallest absolute Gasteiger partial charge is 0.338 e. The Labute approximate surface area is 181 Å². The maximum atomic E-state index is 13.6. The molecule has 2 aromatic rings. The molecule has 0 bridgehead atoms. The van der Waals surface area contributed by atoms with Crippen LogP contribution in [0.2, 0.25) is 0 Å². The summed E-state index contributed by atoms with van der Waals surface area (Å²) in [5.41, 5.74) is -2.46. The first kappa shape index (κ1) is 23.9. The van der Waals surface area contributed by atoms with Crippen LogP contribution in [0, 0.1) is 5.92 Å². The number of alkyl halides is 6. The quantitative estimate of drug-likeness (QED) is 0.532. The van der Waals surface area contributed by atoms with Crippen molar-refractivity contribution in [1.82, 2.24) is 15.6 Å². The second kappa shape index (κ2) is 9.79. The SMILES string of the molecule is O=C(NCC1CCCCC1)N[C@@H](c1ccc(C(F)(F)F)cc1)c1ncccc1C(F)(F)F. The third-order valence-corrected chi connectivity index (χ3v) is 5.54. The molecule has 1 aromatic carbocycles. The molecule has 1 aromatic heterocycles. The first-order valence-corrected chi connectivity index (χ1v) is 10.3. The van der Waals surface area contributed by atoms with Crippen LogP contribution in [0.5, 0.6) is 0 Å². The molecule has 0 saturated heterocycles. The Morgan fingerprint density at radius 1 is 0.969 bits per heavy atom. The van der Waals surface area contributed by atoms with E-state index >= 15 is 0 Å². The van der Waals surface area contributed by atoms with Crippen LogP contribution in [0.3, 0.4) is 0 Å². The van der Waals surface area contributed by atoms with E-state index in [1.165, 1.54) is 0 Å². The number of benzene rings is 1. The lowest BCUT2D eigenvalue weighted by atomic mass is 9.89. The third kappa shape index (κ3) is 6.14. The molecule has 1 saturated carbocycles. The molecule has 3 rings (SSSR count). The van der Waals surface area contributed by atoms with Crippen LogP contribution in [0.4, 0.5) is 31.1 Å². The van der Waals surface area contributed by atoms with Gasteiger partial charge >= 0.3 is 18.4 Å². The minimum absolute atomic E-state index is 0.0509. The Hall–Kier alpha value is -2.78. The van der Waals surface area contributed by atoms with Crippen LogP contribution in [0.15, 0.2) is 42.6 Å². The summed E-state index contributed by atoms with van der Waals surface area (Å²) in [6.07, 6.45) is -3.03. The molecular weight excluding hydrogens is 436 g/mol. The predicted molar refractivity (Wildman–Crippen MR) is 106 cm³/mol. The molecule has 32 heavy (non-hydrogen) atoms. The van der Waals surface area contributed by atoms with Gasteiger partial charge in [-0.1, -0.05) is 31.4 Å². The molecule has 0 radical (unpaired) electrons. The van der Waals surface area contributed by atoms with E-state index in [-0.39, 0.29) is 5.56 Å². The van der Waals surface area contributed by atoms with Crippen LogP contribution in [-0.4, -0.2) is 17.6 Å². The fourth-order valence-electron chi connectivity index (χ4n) is 3.87. The molecule has 2 N–H and O–H groups in total.